The summed E-state index contributed by atoms with van der Waals surface area (Å²) in [6.45, 7) is 4.98. The molecule has 2 N–H and O–H groups in total. The second-order valence-electron chi connectivity index (χ2n) is 7.77. The molecular weight excluding hydrogens is 442 g/mol. The van der Waals surface area contributed by atoms with Gasteiger partial charge in [-0.05, 0) is 31.0 Å². The summed E-state index contributed by atoms with van der Waals surface area (Å²) in [5, 5.41) is 12.2. The fourth-order valence-corrected chi connectivity index (χ4v) is 3.36. The van der Waals surface area contributed by atoms with Crippen molar-refractivity contribution in [2.24, 2.45) is 0 Å². The van der Waals surface area contributed by atoms with E-state index in [1.54, 1.807) is 20.0 Å². The topological polar surface area (TPSA) is 91.8 Å². The molecule has 1 aromatic carbocycles. The van der Waals surface area contributed by atoms with Crippen LogP contribution in [0.1, 0.15) is 51.5 Å². The van der Waals surface area contributed by atoms with Crippen LogP contribution in [0.2, 0.25) is 0 Å². The molecule has 0 bridgehead atoms. The minimum absolute atomic E-state index is 0. The number of nitrogens with one attached hydrogen (secondary N) is 1. The van der Waals surface area contributed by atoms with Crippen LogP contribution in [0.5, 0.6) is 0 Å². The minimum Gasteiger partial charge on any atom is -0.479 e. The number of hydrogen-bond acceptors (Lipinski definition) is 4. The van der Waals surface area contributed by atoms with Crippen LogP contribution in [0.3, 0.4) is 0 Å². The maximum absolute atomic E-state index is 12.5. The molecule has 0 saturated heterocycles. The van der Waals surface area contributed by atoms with E-state index in [0.717, 1.165) is 29.7 Å². The molecule has 1 unspecified atom stereocenters. The third-order valence-electron chi connectivity index (χ3n) is 5.25. The molecule has 1 aromatic heterocycles. The lowest BCUT2D eigenvalue weighted by Gasteiger charge is -2.18. The minimum atomic E-state index is -0.965. The number of anilines is 1. The van der Waals surface area contributed by atoms with Gasteiger partial charge >= 0.3 is 12.0 Å². The Morgan fingerprint density at radius 2 is 1.76 bits per heavy atom. The van der Waals surface area contributed by atoms with Gasteiger partial charge in [0.25, 0.3) is 0 Å². The quantitative estimate of drug-likeness (QED) is 0.381. The molecule has 2 amide bonds. The Morgan fingerprint density at radius 3 is 2.39 bits per heavy atom. The number of benzene rings is 1. The zero-order chi connectivity index (χ0) is 23.3. The number of carboxylic acids is 1. The van der Waals surface area contributed by atoms with Crippen molar-refractivity contribution in [1.29, 1.82) is 0 Å². The highest BCUT2D eigenvalue weighted by Crippen LogP contribution is 2.21. The van der Waals surface area contributed by atoms with E-state index in [2.05, 4.69) is 17.2 Å². The molecular formula is C25H36ClN3O4. The number of carbonyl (C=O) groups is 2. The number of halogens is 1. The fourth-order valence-electron chi connectivity index (χ4n) is 3.36. The van der Waals surface area contributed by atoms with Crippen molar-refractivity contribution < 1.29 is 19.4 Å². The van der Waals surface area contributed by atoms with E-state index < -0.39 is 12.1 Å². The lowest BCUT2D eigenvalue weighted by Crippen LogP contribution is -2.38. The fraction of sp³-hybridized carbons (Fsp3) is 0.480. The lowest BCUT2D eigenvalue weighted by atomic mass is 10.0. The monoisotopic (exact) mass is 477 g/mol. The Kier molecular flexibility index (Phi) is 13.1. The Hall–Kier alpha value is -2.64. The van der Waals surface area contributed by atoms with Crippen LogP contribution < -0.4 is 10.2 Å². The van der Waals surface area contributed by atoms with E-state index in [1.807, 2.05) is 36.4 Å². The second-order valence-corrected chi connectivity index (χ2v) is 7.77. The number of carboxylic acid groups (broad SMARTS) is 1. The number of pyridine rings is 1. The first kappa shape index (κ1) is 28.4. The lowest BCUT2D eigenvalue weighted by molar-refractivity contribution is -0.149. The highest BCUT2D eigenvalue weighted by molar-refractivity contribution is 5.90. The molecule has 2 aromatic rings. The van der Waals surface area contributed by atoms with E-state index in [1.165, 1.54) is 24.2 Å². The molecule has 0 fully saturated rings. The van der Waals surface area contributed by atoms with Crippen LogP contribution in [-0.2, 0) is 16.0 Å². The Bertz CT molecular complexity index is 861. The van der Waals surface area contributed by atoms with Gasteiger partial charge in [0.05, 0.1) is 5.69 Å². The first-order chi connectivity index (χ1) is 15.5. The van der Waals surface area contributed by atoms with Gasteiger partial charge < -0.3 is 15.2 Å². The Morgan fingerprint density at radius 1 is 1.06 bits per heavy atom. The average molecular weight is 478 g/mol. The molecule has 0 radical (unpaired) electrons. The van der Waals surface area contributed by atoms with Crippen molar-refractivity contribution in [2.45, 2.75) is 58.5 Å². The molecule has 0 saturated carbocycles. The van der Waals surface area contributed by atoms with Crippen LogP contribution in [0.4, 0.5) is 10.6 Å². The van der Waals surface area contributed by atoms with Gasteiger partial charge in [-0.2, -0.15) is 0 Å². The first-order valence-corrected chi connectivity index (χ1v) is 11.4. The van der Waals surface area contributed by atoms with Gasteiger partial charge in [0, 0.05) is 32.2 Å². The van der Waals surface area contributed by atoms with E-state index >= 15 is 0 Å². The molecule has 33 heavy (non-hydrogen) atoms. The number of hydrogen-bond donors (Lipinski definition) is 2. The van der Waals surface area contributed by atoms with E-state index in [0.29, 0.717) is 25.4 Å². The SMILES string of the molecule is CCCCCCCNC(=O)N(C)c1cccc(-c2ccc(CC(OCC)C(=O)O)cc2)n1.Cl. The van der Waals surface area contributed by atoms with Gasteiger partial charge in [0.2, 0.25) is 0 Å². The number of rotatable bonds is 13. The van der Waals surface area contributed by atoms with Crippen molar-refractivity contribution in [3.63, 3.8) is 0 Å². The molecule has 1 heterocycles. The zero-order valence-electron chi connectivity index (χ0n) is 19.8. The van der Waals surface area contributed by atoms with Gasteiger partial charge in [-0.15, -0.1) is 12.4 Å². The summed E-state index contributed by atoms with van der Waals surface area (Å²) in [7, 11) is 1.71. The number of unbranched alkanes of at least 4 members (excludes halogenated alkanes) is 4. The molecule has 8 heteroatoms. The molecule has 182 valence electrons. The van der Waals surface area contributed by atoms with Crippen molar-refractivity contribution in [3.8, 4) is 11.3 Å². The number of aliphatic carboxylic acids is 1. The summed E-state index contributed by atoms with van der Waals surface area (Å²) in [6.07, 6.45) is 5.19. The van der Waals surface area contributed by atoms with Gasteiger partial charge in [0.15, 0.2) is 6.10 Å². The number of nitrogens with zero attached hydrogens (tertiary/aromatic N) is 2. The summed E-state index contributed by atoms with van der Waals surface area (Å²) in [4.78, 5) is 29.9. The second kappa shape index (κ2) is 15.2. The molecule has 2 rings (SSSR count). The van der Waals surface area contributed by atoms with Gasteiger partial charge in [-0.25, -0.2) is 14.6 Å². The van der Waals surface area contributed by atoms with E-state index in [9.17, 15) is 14.7 Å². The van der Waals surface area contributed by atoms with Crippen molar-refractivity contribution in [3.05, 3.63) is 48.0 Å². The van der Waals surface area contributed by atoms with Crippen molar-refractivity contribution in [2.75, 3.05) is 25.1 Å². The van der Waals surface area contributed by atoms with Crippen LogP contribution in [-0.4, -0.2) is 48.4 Å². The molecule has 1 atom stereocenters. The number of ether oxygens (including phenoxy) is 1. The highest BCUT2D eigenvalue weighted by Gasteiger charge is 2.18. The van der Waals surface area contributed by atoms with E-state index in [-0.39, 0.29) is 18.4 Å². The number of urea groups is 1. The van der Waals surface area contributed by atoms with Crippen LogP contribution >= 0.6 is 12.4 Å². The molecule has 0 spiro atoms. The highest BCUT2D eigenvalue weighted by atomic mass is 35.5. The third kappa shape index (κ3) is 9.40. The normalized spacial score (nSPS) is 11.4. The predicted octanol–water partition coefficient (Wildman–Crippen LogP) is 5.32. The number of carbonyl (C=O) groups excluding carboxylic acids is 1. The third-order valence-corrected chi connectivity index (χ3v) is 5.25. The van der Waals surface area contributed by atoms with Gasteiger partial charge in [-0.1, -0.05) is 62.9 Å². The smallest absolute Gasteiger partial charge is 0.333 e. The van der Waals surface area contributed by atoms with Crippen LogP contribution in [0.25, 0.3) is 11.3 Å². The van der Waals surface area contributed by atoms with Gasteiger partial charge in [0.1, 0.15) is 5.82 Å². The standard InChI is InChI=1S/C25H35N3O4.ClH/c1-4-6-7-8-9-17-26-25(31)28(3)23-12-10-11-21(27-23)20-15-13-19(14-16-20)18-22(24(29)30)32-5-2;/h10-16,22H,4-9,17-18H2,1-3H3,(H,26,31)(H,29,30);1H. The van der Waals surface area contributed by atoms with Crippen molar-refractivity contribution >= 4 is 30.2 Å². The summed E-state index contributed by atoms with van der Waals surface area (Å²) >= 11 is 0. The van der Waals surface area contributed by atoms with Crippen molar-refractivity contribution in [1.82, 2.24) is 10.3 Å². The Balaban J connectivity index is 0.00000544. The maximum Gasteiger partial charge on any atom is 0.333 e. The first-order valence-electron chi connectivity index (χ1n) is 11.4. The van der Waals surface area contributed by atoms with Crippen LogP contribution in [0, 0.1) is 0 Å². The summed E-state index contributed by atoms with van der Waals surface area (Å²) < 4.78 is 5.28. The van der Waals surface area contributed by atoms with E-state index in [4.69, 9.17) is 4.74 Å². The predicted molar refractivity (Wildman–Crippen MR) is 134 cm³/mol. The maximum atomic E-state index is 12.5. The molecule has 0 aliphatic carbocycles. The Labute approximate surface area is 203 Å². The molecule has 0 aliphatic rings. The van der Waals surface area contributed by atoms with Crippen LogP contribution in [0.15, 0.2) is 42.5 Å². The number of aromatic nitrogens is 1. The summed E-state index contributed by atoms with van der Waals surface area (Å²) in [5.41, 5.74) is 2.51. The summed E-state index contributed by atoms with van der Waals surface area (Å²) in [5.74, 6) is -0.398. The molecule has 7 nitrogen and oxygen atoms in total. The average Bonchev–Trinajstić information content (AvgIpc) is 2.81. The number of amides is 2. The molecule has 0 aliphatic heterocycles. The summed E-state index contributed by atoms with van der Waals surface area (Å²) in [6, 6.07) is 13.0. The van der Waals surface area contributed by atoms with Gasteiger partial charge in [-0.3, -0.25) is 4.90 Å². The largest absolute Gasteiger partial charge is 0.479 e. The zero-order valence-corrected chi connectivity index (χ0v) is 20.6.